The second kappa shape index (κ2) is 16.1. The standard InChI is InChI=1S/C26H29N5O3.C2HF3O2/c1-32-23-12-6-19(7-13-23)4-10-21-18-22(11-5-20-8-14-24(33-2)15-9-20)31-26(30-21)34-17-3-16-29-25(27)28;3-2(4,5)1(6)7/h4-15,18H,3,16-17H2,1-2H3,(H4,27,28,29);(H,6,7). The number of rotatable bonds is 11. The molecule has 0 saturated heterocycles. The number of alkyl halides is 3. The number of nitrogens with two attached hydrogens (primary N) is 1. The fraction of sp³-hybridized carbons (Fsp3) is 0.214. The molecule has 0 aliphatic rings. The molecule has 3 aromatic rings. The SMILES string of the molecule is COc1ccc(C=Cc2cc(C=Cc3ccc(OC)cc3)nc(OCCCNC(=N)N)n2)cc1.O=C(O)C(F)(F)F. The topological polar surface area (TPSA) is 153 Å². The zero-order chi connectivity index (χ0) is 30.3. The van der Waals surface area contributed by atoms with E-state index in [9.17, 15) is 13.2 Å². The van der Waals surface area contributed by atoms with Gasteiger partial charge in [0.15, 0.2) is 5.96 Å². The molecular weight excluding hydrogens is 543 g/mol. The Morgan fingerprint density at radius 3 is 1.73 bits per heavy atom. The van der Waals surface area contributed by atoms with Crippen molar-refractivity contribution < 1.29 is 37.3 Å². The highest BCUT2D eigenvalue weighted by molar-refractivity contribution is 5.74. The smallest absolute Gasteiger partial charge is 0.490 e. The molecule has 218 valence electrons. The Morgan fingerprint density at radius 2 is 1.37 bits per heavy atom. The average Bonchev–Trinajstić information content (AvgIpc) is 2.95. The van der Waals surface area contributed by atoms with Crippen LogP contribution in [0.15, 0.2) is 54.6 Å². The average molecular weight is 574 g/mol. The monoisotopic (exact) mass is 573 g/mol. The third-order valence-electron chi connectivity index (χ3n) is 4.98. The Morgan fingerprint density at radius 1 is 0.927 bits per heavy atom. The quantitative estimate of drug-likeness (QED) is 0.145. The van der Waals surface area contributed by atoms with Gasteiger partial charge < -0.3 is 30.4 Å². The summed E-state index contributed by atoms with van der Waals surface area (Å²) >= 11 is 0. The van der Waals surface area contributed by atoms with Crippen LogP contribution in [0.5, 0.6) is 17.5 Å². The lowest BCUT2D eigenvalue weighted by Gasteiger charge is -2.07. The van der Waals surface area contributed by atoms with Gasteiger partial charge in [-0.05, 0) is 60.0 Å². The van der Waals surface area contributed by atoms with Crippen molar-refractivity contribution in [1.29, 1.82) is 5.41 Å². The first-order chi connectivity index (χ1) is 19.5. The van der Waals surface area contributed by atoms with E-state index in [2.05, 4.69) is 15.3 Å². The summed E-state index contributed by atoms with van der Waals surface area (Å²) in [5, 5.41) is 17.1. The molecule has 0 spiro atoms. The lowest BCUT2D eigenvalue weighted by atomic mass is 10.1. The van der Waals surface area contributed by atoms with Crippen molar-refractivity contribution >= 4 is 36.2 Å². The summed E-state index contributed by atoms with van der Waals surface area (Å²) in [6.45, 7) is 0.935. The van der Waals surface area contributed by atoms with Crippen LogP contribution in [-0.2, 0) is 4.79 Å². The number of aliphatic carboxylic acids is 1. The number of aromatic nitrogens is 2. The number of carbonyl (C=O) groups is 1. The zero-order valence-corrected chi connectivity index (χ0v) is 22.3. The summed E-state index contributed by atoms with van der Waals surface area (Å²) in [5.41, 5.74) is 8.78. The molecule has 2 aromatic carbocycles. The van der Waals surface area contributed by atoms with E-state index in [0.29, 0.717) is 19.6 Å². The van der Waals surface area contributed by atoms with Gasteiger partial charge in [-0.15, -0.1) is 0 Å². The van der Waals surface area contributed by atoms with Gasteiger partial charge in [-0.25, -0.2) is 4.79 Å². The first-order valence-corrected chi connectivity index (χ1v) is 12.0. The van der Waals surface area contributed by atoms with Gasteiger partial charge in [0, 0.05) is 6.54 Å². The minimum atomic E-state index is -5.08. The Hall–Kier alpha value is -5.07. The van der Waals surface area contributed by atoms with Gasteiger partial charge in [-0.1, -0.05) is 36.4 Å². The van der Waals surface area contributed by atoms with Crippen LogP contribution in [-0.4, -0.2) is 60.6 Å². The molecule has 0 amide bonds. The molecule has 13 heteroatoms. The molecule has 3 rings (SSSR count). The van der Waals surface area contributed by atoms with Crippen LogP contribution in [0.1, 0.15) is 28.9 Å². The summed E-state index contributed by atoms with van der Waals surface area (Å²) in [6.07, 6.45) is 3.35. The van der Waals surface area contributed by atoms with Crippen molar-refractivity contribution in [2.45, 2.75) is 12.6 Å². The van der Waals surface area contributed by atoms with Crippen molar-refractivity contribution in [2.75, 3.05) is 27.4 Å². The second-order valence-corrected chi connectivity index (χ2v) is 8.06. The number of nitrogens with one attached hydrogen (secondary N) is 2. The van der Waals surface area contributed by atoms with Crippen molar-refractivity contribution in [1.82, 2.24) is 15.3 Å². The Bertz CT molecular complexity index is 1250. The fourth-order valence-corrected chi connectivity index (χ4v) is 2.95. The number of guanidine groups is 1. The number of hydrogen-bond donors (Lipinski definition) is 4. The Balaban J connectivity index is 0.000000745. The van der Waals surface area contributed by atoms with Crippen LogP contribution in [0.3, 0.4) is 0 Å². The van der Waals surface area contributed by atoms with Crippen LogP contribution < -0.4 is 25.3 Å². The second-order valence-electron chi connectivity index (χ2n) is 8.06. The largest absolute Gasteiger partial charge is 0.497 e. The molecule has 41 heavy (non-hydrogen) atoms. The van der Waals surface area contributed by atoms with Gasteiger partial charge in [-0.2, -0.15) is 23.1 Å². The van der Waals surface area contributed by atoms with Gasteiger partial charge in [-0.3, -0.25) is 5.41 Å². The lowest BCUT2D eigenvalue weighted by molar-refractivity contribution is -0.192. The zero-order valence-electron chi connectivity index (χ0n) is 22.3. The summed E-state index contributed by atoms with van der Waals surface area (Å²) in [6, 6.07) is 17.7. The van der Waals surface area contributed by atoms with Crippen molar-refractivity contribution in [3.8, 4) is 17.5 Å². The van der Waals surface area contributed by atoms with E-state index >= 15 is 0 Å². The summed E-state index contributed by atoms with van der Waals surface area (Å²) < 4.78 is 47.9. The van der Waals surface area contributed by atoms with Gasteiger partial charge in [0.2, 0.25) is 0 Å². The fourth-order valence-electron chi connectivity index (χ4n) is 2.95. The number of methoxy groups -OCH3 is 2. The predicted octanol–water partition coefficient (Wildman–Crippen LogP) is 4.72. The van der Waals surface area contributed by atoms with Crippen molar-refractivity contribution in [2.24, 2.45) is 5.73 Å². The maximum atomic E-state index is 10.6. The van der Waals surface area contributed by atoms with Crippen LogP contribution in [0.25, 0.3) is 24.3 Å². The van der Waals surface area contributed by atoms with Crippen molar-refractivity contribution in [3.05, 3.63) is 77.1 Å². The van der Waals surface area contributed by atoms with E-state index < -0.39 is 12.1 Å². The Labute approximate surface area is 234 Å². The lowest BCUT2D eigenvalue weighted by Crippen LogP contribution is -2.31. The molecule has 0 bridgehead atoms. The summed E-state index contributed by atoms with van der Waals surface area (Å²) in [5.74, 6) is -1.21. The van der Waals surface area contributed by atoms with E-state index in [-0.39, 0.29) is 12.0 Å². The predicted molar refractivity (Wildman–Crippen MR) is 150 cm³/mol. The molecule has 5 N–H and O–H groups in total. The van der Waals surface area contributed by atoms with Gasteiger partial charge >= 0.3 is 18.2 Å². The molecule has 0 aliphatic heterocycles. The van der Waals surface area contributed by atoms with E-state index in [1.807, 2.05) is 78.9 Å². The van der Waals surface area contributed by atoms with Crippen LogP contribution in [0.2, 0.25) is 0 Å². The maximum absolute atomic E-state index is 10.6. The minimum Gasteiger partial charge on any atom is -0.497 e. The molecule has 0 fully saturated rings. The highest BCUT2D eigenvalue weighted by Crippen LogP contribution is 2.18. The molecule has 10 nitrogen and oxygen atoms in total. The minimum absolute atomic E-state index is 0.0622. The molecule has 0 radical (unpaired) electrons. The molecule has 1 heterocycles. The number of hydrogen-bond acceptors (Lipinski definition) is 7. The maximum Gasteiger partial charge on any atom is 0.490 e. The van der Waals surface area contributed by atoms with Crippen LogP contribution in [0, 0.1) is 5.41 Å². The number of nitrogens with zero attached hydrogens (tertiary/aromatic N) is 2. The number of benzene rings is 2. The highest BCUT2D eigenvalue weighted by atomic mass is 19.4. The number of carboxylic acid groups (broad SMARTS) is 1. The van der Waals surface area contributed by atoms with Crippen molar-refractivity contribution in [3.63, 3.8) is 0 Å². The molecule has 0 aliphatic carbocycles. The number of carboxylic acids is 1. The summed E-state index contributed by atoms with van der Waals surface area (Å²) in [7, 11) is 3.29. The third kappa shape index (κ3) is 12.6. The van der Waals surface area contributed by atoms with Gasteiger partial charge in [0.25, 0.3) is 0 Å². The number of ether oxygens (including phenoxy) is 3. The molecule has 1 aromatic heterocycles. The molecule has 0 saturated carbocycles. The van der Waals surface area contributed by atoms with Crippen LogP contribution in [0.4, 0.5) is 13.2 Å². The van der Waals surface area contributed by atoms with E-state index in [4.69, 9.17) is 35.3 Å². The molecule has 0 unspecified atom stereocenters. The van der Waals surface area contributed by atoms with E-state index in [0.717, 1.165) is 34.0 Å². The molecule has 0 atom stereocenters. The highest BCUT2D eigenvalue weighted by Gasteiger charge is 2.38. The normalized spacial score (nSPS) is 11.0. The van der Waals surface area contributed by atoms with E-state index in [1.165, 1.54) is 0 Å². The van der Waals surface area contributed by atoms with Crippen LogP contribution >= 0.6 is 0 Å². The Kier molecular flexibility index (Phi) is 12.6. The van der Waals surface area contributed by atoms with Gasteiger partial charge in [0.1, 0.15) is 11.5 Å². The first-order valence-electron chi connectivity index (χ1n) is 12.0. The summed E-state index contributed by atoms with van der Waals surface area (Å²) in [4.78, 5) is 17.9. The first kappa shape index (κ1) is 32.1. The van der Waals surface area contributed by atoms with E-state index in [1.54, 1.807) is 14.2 Å². The molecular formula is C28H30F3N5O5. The van der Waals surface area contributed by atoms with Gasteiger partial charge in [0.05, 0.1) is 32.2 Å². The third-order valence-corrected chi connectivity index (χ3v) is 4.98. The number of halogens is 3.